The third-order valence-electron chi connectivity index (χ3n) is 3.63. The van der Waals surface area contributed by atoms with E-state index in [1.165, 1.54) is 18.2 Å². The zero-order valence-electron chi connectivity index (χ0n) is 12.5. The smallest absolute Gasteiger partial charge is 0.243 e. The van der Waals surface area contributed by atoms with E-state index in [-0.39, 0.29) is 11.4 Å². The van der Waals surface area contributed by atoms with Crippen LogP contribution in [0.15, 0.2) is 53.7 Å². The van der Waals surface area contributed by atoms with Gasteiger partial charge in [0, 0.05) is 31.4 Å². The van der Waals surface area contributed by atoms with Crippen LogP contribution < -0.4 is 4.72 Å². The lowest BCUT2D eigenvalue weighted by molar-refractivity contribution is 0.557. The van der Waals surface area contributed by atoms with Gasteiger partial charge in [0.25, 0.3) is 0 Å². The van der Waals surface area contributed by atoms with Gasteiger partial charge in [-0.15, -0.1) is 0 Å². The van der Waals surface area contributed by atoms with Crippen LogP contribution in [-0.4, -0.2) is 24.5 Å². The number of hydrogen-bond acceptors (Lipinski definition) is 3. The predicted molar refractivity (Wildman–Crippen MR) is 86.0 cm³/mol. The second-order valence-electron chi connectivity index (χ2n) is 5.22. The summed E-state index contributed by atoms with van der Waals surface area (Å²) >= 11 is 0. The molecule has 2 aromatic heterocycles. The molecule has 0 amide bonds. The lowest BCUT2D eigenvalue weighted by Gasteiger charge is -2.07. The fourth-order valence-electron chi connectivity index (χ4n) is 2.55. The largest absolute Gasteiger partial charge is 0.335 e. The third-order valence-corrected chi connectivity index (χ3v) is 5.12. The number of halogens is 1. The number of nitrogens with one attached hydrogen (secondary N) is 1. The second-order valence-corrected chi connectivity index (χ2v) is 6.95. The summed E-state index contributed by atoms with van der Waals surface area (Å²) in [4.78, 5) is 3.96. The Balaban J connectivity index is 1.75. The molecule has 0 bridgehead atoms. The van der Waals surface area contributed by atoms with E-state index in [0.29, 0.717) is 6.42 Å². The summed E-state index contributed by atoms with van der Waals surface area (Å²) in [6.07, 6.45) is 4.14. The average Bonchev–Trinajstić information content (AvgIpc) is 2.84. The molecule has 3 aromatic rings. The molecule has 0 unspecified atom stereocenters. The molecule has 0 saturated heterocycles. The minimum atomic E-state index is -3.85. The highest BCUT2D eigenvalue weighted by Gasteiger charge is 2.18. The van der Waals surface area contributed by atoms with Gasteiger partial charge in [-0.1, -0.05) is 12.1 Å². The first kappa shape index (κ1) is 15.6. The monoisotopic (exact) mass is 333 g/mol. The number of aromatic nitrogens is 2. The molecule has 2 heterocycles. The van der Waals surface area contributed by atoms with E-state index < -0.39 is 15.8 Å². The van der Waals surface area contributed by atoms with Crippen LogP contribution in [0, 0.1) is 5.82 Å². The maximum Gasteiger partial charge on any atom is 0.243 e. The molecule has 0 saturated carbocycles. The first-order chi connectivity index (χ1) is 11.0. The average molecular weight is 333 g/mol. The summed E-state index contributed by atoms with van der Waals surface area (Å²) in [5, 5.41) is 0.986. The molecule has 0 aliphatic heterocycles. The summed E-state index contributed by atoms with van der Waals surface area (Å²) in [5.41, 5.74) is 1.84. The Morgan fingerprint density at radius 3 is 2.78 bits per heavy atom. The molecule has 0 radical (unpaired) electrons. The molecule has 0 aliphatic rings. The molecule has 1 aromatic carbocycles. The van der Waals surface area contributed by atoms with Crippen molar-refractivity contribution in [3.63, 3.8) is 0 Å². The van der Waals surface area contributed by atoms with E-state index in [2.05, 4.69) is 9.71 Å². The highest BCUT2D eigenvalue weighted by molar-refractivity contribution is 7.89. The van der Waals surface area contributed by atoms with Crippen molar-refractivity contribution in [2.45, 2.75) is 11.3 Å². The van der Waals surface area contributed by atoms with Crippen LogP contribution in [0.25, 0.3) is 11.0 Å². The Morgan fingerprint density at radius 1 is 1.22 bits per heavy atom. The summed E-state index contributed by atoms with van der Waals surface area (Å²) in [6, 6.07) is 9.12. The van der Waals surface area contributed by atoms with Crippen molar-refractivity contribution in [3.8, 4) is 0 Å². The Labute approximate surface area is 133 Å². The van der Waals surface area contributed by atoms with E-state index in [9.17, 15) is 12.8 Å². The molecule has 3 rings (SSSR count). The normalized spacial score (nSPS) is 11.9. The lowest BCUT2D eigenvalue weighted by atomic mass is 10.2. The molecular formula is C16H16FN3O2S. The number of hydrogen-bond donors (Lipinski definition) is 1. The van der Waals surface area contributed by atoms with Crippen molar-refractivity contribution in [2.24, 2.45) is 7.05 Å². The SMILES string of the molecule is Cn1cc(CCNS(=O)(=O)c2ccccc2F)c2cccnc21. The Bertz CT molecular complexity index is 951. The van der Waals surface area contributed by atoms with Gasteiger partial charge in [-0.2, -0.15) is 0 Å². The van der Waals surface area contributed by atoms with Crippen LogP contribution in [-0.2, 0) is 23.5 Å². The molecule has 0 aliphatic carbocycles. The van der Waals surface area contributed by atoms with Crippen LogP contribution in [0.3, 0.4) is 0 Å². The zero-order valence-corrected chi connectivity index (χ0v) is 13.3. The molecule has 5 nitrogen and oxygen atoms in total. The van der Waals surface area contributed by atoms with E-state index in [1.807, 2.05) is 29.9 Å². The van der Waals surface area contributed by atoms with Gasteiger partial charge < -0.3 is 4.57 Å². The second kappa shape index (κ2) is 6.10. The molecule has 0 atom stereocenters. The number of aryl methyl sites for hydroxylation is 1. The van der Waals surface area contributed by atoms with Crippen LogP contribution in [0.2, 0.25) is 0 Å². The van der Waals surface area contributed by atoms with Gasteiger partial charge in [-0.25, -0.2) is 22.5 Å². The molecule has 0 spiro atoms. The predicted octanol–water partition coefficient (Wildman–Crippen LogP) is 2.23. The number of rotatable bonds is 5. The number of sulfonamides is 1. The van der Waals surface area contributed by atoms with Crippen molar-refractivity contribution in [1.82, 2.24) is 14.3 Å². The summed E-state index contributed by atoms with van der Waals surface area (Å²) < 4.78 is 42.2. The number of nitrogens with zero attached hydrogens (tertiary/aromatic N) is 2. The fraction of sp³-hybridized carbons (Fsp3) is 0.188. The summed E-state index contributed by atoms with van der Waals surface area (Å²) in [6.45, 7) is 0.185. The third kappa shape index (κ3) is 3.11. The minimum absolute atomic E-state index is 0.185. The van der Waals surface area contributed by atoms with Crippen molar-refractivity contribution in [1.29, 1.82) is 0 Å². The van der Waals surface area contributed by atoms with Crippen LogP contribution in [0.1, 0.15) is 5.56 Å². The Hall–Kier alpha value is -2.25. The van der Waals surface area contributed by atoms with Gasteiger partial charge in [-0.05, 0) is 36.2 Å². The van der Waals surface area contributed by atoms with Gasteiger partial charge >= 0.3 is 0 Å². The van der Waals surface area contributed by atoms with Gasteiger partial charge in [0.15, 0.2) is 0 Å². The van der Waals surface area contributed by atoms with Crippen LogP contribution >= 0.6 is 0 Å². The first-order valence-electron chi connectivity index (χ1n) is 7.12. The molecular weight excluding hydrogens is 317 g/mol. The van der Waals surface area contributed by atoms with Gasteiger partial charge in [0.2, 0.25) is 10.0 Å². The van der Waals surface area contributed by atoms with E-state index in [0.717, 1.165) is 22.7 Å². The molecule has 7 heteroatoms. The first-order valence-corrected chi connectivity index (χ1v) is 8.60. The highest BCUT2D eigenvalue weighted by atomic mass is 32.2. The molecule has 23 heavy (non-hydrogen) atoms. The van der Waals surface area contributed by atoms with E-state index in [1.54, 1.807) is 6.20 Å². The van der Waals surface area contributed by atoms with Crippen molar-refractivity contribution >= 4 is 21.1 Å². The summed E-state index contributed by atoms with van der Waals surface area (Å²) in [7, 11) is -1.96. The number of fused-ring (bicyclic) bond motifs is 1. The molecule has 0 fully saturated rings. The van der Waals surface area contributed by atoms with Crippen molar-refractivity contribution in [2.75, 3.05) is 6.54 Å². The maximum absolute atomic E-state index is 13.6. The van der Waals surface area contributed by atoms with Gasteiger partial charge in [0.05, 0.1) is 0 Å². The standard InChI is InChI=1S/C16H16FN3O2S/c1-20-11-12(13-5-4-9-18-16(13)20)8-10-19-23(21,22)15-7-3-2-6-14(15)17/h2-7,9,11,19H,8,10H2,1H3. The van der Waals surface area contributed by atoms with E-state index >= 15 is 0 Å². The summed E-state index contributed by atoms with van der Waals surface area (Å²) in [5.74, 6) is -0.755. The number of pyridine rings is 1. The molecule has 120 valence electrons. The number of benzene rings is 1. The topological polar surface area (TPSA) is 64.0 Å². The maximum atomic E-state index is 13.6. The van der Waals surface area contributed by atoms with Crippen molar-refractivity contribution in [3.05, 3.63) is 60.2 Å². The van der Waals surface area contributed by atoms with Crippen LogP contribution in [0.5, 0.6) is 0 Å². The Morgan fingerprint density at radius 2 is 2.00 bits per heavy atom. The fourth-order valence-corrected chi connectivity index (χ4v) is 3.66. The van der Waals surface area contributed by atoms with Gasteiger partial charge in [-0.3, -0.25) is 0 Å². The minimum Gasteiger partial charge on any atom is -0.335 e. The zero-order chi connectivity index (χ0) is 16.4. The van der Waals surface area contributed by atoms with Gasteiger partial charge in [0.1, 0.15) is 16.4 Å². The van der Waals surface area contributed by atoms with Crippen LogP contribution in [0.4, 0.5) is 4.39 Å². The highest BCUT2D eigenvalue weighted by Crippen LogP contribution is 2.19. The molecule has 1 N–H and O–H groups in total. The lowest BCUT2D eigenvalue weighted by Crippen LogP contribution is -2.26. The quantitative estimate of drug-likeness (QED) is 0.779. The van der Waals surface area contributed by atoms with Crippen molar-refractivity contribution < 1.29 is 12.8 Å². The Kier molecular flexibility index (Phi) is 4.14. The van der Waals surface area contributed by atoms with E-state index in [4.69, 9.17) is 0 Å².